The summed E-state index contributed by atoms with van der Waals surface area (Å²) in [5.74, 6) is 0.0945. The molecule has 1 aliphatic carbocycles. The third-order valence-electron chi connectivity index (χ3n) is 5.52. The van der Waals surface area contributed by atoms with Crippen molar-refractivity contribution in [3.8, 4) is 5.75 Å². The average Bonchev–Trinajstić information content (AvgIpc) is 3.13. The second-order valence-electron chi connectivity index (χ2n) is 7.43. The largest absolute Gasteiger partial charge is 0.485 e. The molecule has 0 saturated heterocycles. The van der Waals surface area contributed by atoms with Crippen LogP contribution in [0.3, 0.4) is 0 Å². The number of hydrogen-bond donors (Lipinski definition) is 1. The van der Waals surface area contributed by atoms with Gasteiger partial charge in [0.25, 0.3) is 0 Å². The van der Waals surface area contributed by atoms with Gasteiger partial charge in [-0.15, -0.1) is 11.3 Å². The Balaban J connectivity index is 1.69. The van der Waals surface area contributed by atoms with E-state index < -0.39 is 11.8 Å². The number of hydrogen-bond acceptors (Lipinski definition) is 8. The third-order valence-corrected chi connectivity index (χ3v) is 6.70. The molecule has 0 amide bonds. The highest BCUT2D eigenvalue weighted by Gasteiger charge is 2.28. The first kappa shape index (κ1) is 21.5. The van der Waals surface area contributed by atoms with E-state index in [0.717, 1.165) is 36.6 Å². The van der Waals surface area contributed by atoms with Gasteiger partial charge >= 0.3 is 5.97 Å². The van der Waals surface area contributed by atoms with Crippen LogP contribution in [0.25, 0.3) is 10.2 Å². The van der Waals surface area contributed by atoms with Crippen LogP contribution in [-0.4, -0.2) is 42.4 Å². The number of aromatic nitrogens is 2. The van der Waals surface area contributed by atoms with E-state index in [0.29, 0.717) is 27.0 Å². The zero-order valence-electron chi connectivity index (χ0n) is 17.6. The quantitative estimate of drug-likeness (QED) is 0.534. The number of rotatable bonds is 6. The summed E-state index contributed by atoms with van der Waals surface area (Å²) in [6, 6.07) is 4.34. The fourth-order valence-corrected chi connectivity index (χ4v) is 4.98. The molecule has 2 atom stereocenters. The third kappa shape index (κ3) is 4.33. The van der Waals surface area contributed by atoms with Gasteiger partial charge in [0, 0.05) is 13.2 Å². The van der Waals surface area contributed by atoms with Crippen LogP contribution in [0, 0.1) is 12.7 Å². The zero-order chi connectivity index (χ0) is 22.0. The maximum atomic E-state index is 14.1. The molecule has 0 aliphatic heterocycles. The highest BCUT2D eigenvalue weighted by Crippen LogP contribution is 2.37. The Kier molecular flexibility index (Phi) is 6.33. The molecule has 31 heavy (non-hydrogen) atoms. The van der Waals surface area contributed by atoms with Crippen molar-refractivity contribution in [2.45, 2.75) is 44.8 Å². The monoisotopic (exact) mass is 445 g/mol. The van der Waals surface area contributed by atoms with Crippen molar-refractivity contribution in [3.63, 3.8) is 0 Å². The van der Waals surface area contributed by atoms with Crippen molar-refractivity contribution in [2.24, 2.45) is 0 Å². The molecule has 2 aromatic heterocycles. The number of aryl methyl sites for hydroxylation is 1. The summed E-state index contributed by atoms with van der Waals surface area (Å²) in [5, 5.41) is 3.97. The summed E-state index contributed by atoms with van der Waals surface area (Å²) < 4.78 is 30.7. The Morgan fingerprint density at radius 2 is 1.97 bits per heavy atom. The molecule has 1 aliphatic rings. The lowest BCUT2D eigenvalue weighted by Gasteiger charge is -2.31. The number of benzene rings is 1. The van der Waals surface area contributed by atoms with Gasteiger partial charge in [-0.1, -0.05) is 6.42 Å². The van der Waals surface area contributed by atoms with E-state index in [2.05, 4.69) is 15.3 Å². The molecule has 1 N–H and O–H groups in total. The highest BCUT2D eigenvalue weighted by atomic mass is 32.1. The van der Waals surface area contributed by atoms with Crippen molar-refractivity contribution in [1.29, 1.82) is 0 Å². The van der Waals surface area contributed by atoms with Crippen LogP contribution >= 0.6 is 11.3 Å². The molecular weight excluding hydrogens is 421 g/mol. The molecule has 7 nitrogen and oxygen atoms in total. The normalized spacial score (nSPS) is 18.7. The molecule has 0 radical (unpaired) electrons. The van der Waals surface area contributed by atoms with Gasteiger partial charge in [0.05, 0.1) is 24.3 Å². The molecule has 1 saturated carbocycles. The van der Waals surface area contributed by atoms with E-state index in [9.17, 15) is 9.18 Å². The lowest BCUT2D eigenvalue weighted by atomic mass is 9.94. The summed E-state index contributed by atoms with van der Waals surface area (Å²) in [6.45, 7) is 1.83. The Bertz CT molecular complexity index is 1100. The number of carbonyl (C=O) groups is 1. The molecule has 9 heteroatoms. The number of ether oxygens (including phenoxy) is 3. The summed E-state index contributed by atoms with van der Waals surface area (Å²) >= 11 is 1.25. The number of nitrogens with one attached hydrogen (secondary N) is 1. The van der Waals surface area contributed by atoms with Crippen molar-refractivity contribution in [2.75, 3.05) is 19.5 Å². The standard InChI is InChI=1S/C22H24FN3O4S/c1-12-18-20(24-11-25-21(18)31-19(12)22(27)29-3)26-14-9-8-13(23)10-17(14)30-16-7-5-4-6-15(16)28-2/h8-11,15-16H,4-7H2,1-3H3,(H,24,25,26)/t15-,16?/m1/s1. The minimum absolute atomic E-state index is 0.0302. The van der Waals surface area contributed by atoms with Crippen molar-refractivity contribution in [3.05, 3.63) is 40.8 Å². The average molecular weight is 446 g/mol. The number of fused-ring (bicyclic) bond motifs is 1. The van der Waals surface area contributed by atoms with E-state index in [1.165, 1.54) is 36.9 Å². The second kappa shape index (κ2) is 9.15. The minimum Gasteiger partial charge on any atom is -0.485 e. The van der Waals surface area contributed by atoms with Gasteiger partial charge in [-0.2, -0.15) is 0 Å². The number of thiophene rings is 1. The molecule has 3 aromatic rings. The lowest BCUT2D eigenvalue weighted by Crippen LogP contribution is -2.36. The summed E-state index contributed by atoms with van der Waals surface area (Å²) in [5.41, 5.74) is 1.30. The van der Waals surface area contributed by atoms with Crippen LogP contribution < -0.4 is 10.1 Å². The molecule has 1 aromatic carbocycles. The highest BCUT2D eigenvalue weighted by molar-refractivity contribution is 7.20. The van der Waals surface area contributed by atoms with E-state index in [1.807, 2.05) is 6.92 Å². The Morgan fingerprint density at radius 3 is 2.71 bits per heavy atom. The van der Waals surface area contributed by atoms with Crippen LogP contribution in [0.5, 0.6) is 5.75 Å². The predicted octanol–water partition coefficient (Wildman–Crippen LogP) is 5.01. The van der Waals surface area contributed by atoms with Crippen LogP contribution in [0.2, 0.25) is 0 Å². The van der Waals surface area contributed by atoms with Crippen LogP contribution in [0.4, 0.5) is 15.9 Å². The Hall–Kier alpha value is -2.78. The number of halogens is 1. The molecule has 164 valence electrons. The predicted molar refractivity (Wildman–Crippen MR) is 117 cm³/mol. The lowest BCUT2D eigenvalue weighted by molar-refractivity contribution is -0.0227. The smallest absolute Gasteiger partial charge is 0.348 e. The fourth-order valence-electron chi connectivity index (χ4n) is 3.91. The maximum absolute atomic E-state index is 14.1. The Morgan fingerprint density at radius 1 is 1.19 bits per heavy atom. The van der Waals surface area contributed by atoms with Gasteiger partial charge in [0.2, 0.25) is 0 Å². The first-order valence-electron chi connectivity index (χ1n) is 10.1. The fraction of sp³-hybridized carbons (Fsp3) is 0.409. The van der Waals surface area contributed by atoms with Crippen molar-refractivity contribution < 1.29 is 23.4 Å². The molecule has 1 fully saturated rings. The summed E-state index contributed by atoms with van der Waals surface area (Å²) in [6.07, 6.45) is 5.13. The van der Waals surface area contributed by atoms with Crippen LogP contribution in [-0.2, 0) is 9.47 Å². The zero-order valence-corrected chi connectivity index (χ0v) is 18.4. The molecular formula is C22H24FN3O4S. The van der Waals surface area contributed by atoms with Gasteiger partial charge in [0.1, 0.15) is 39.5 Å². The molecule has 1 unspecified atom stereocenters. The number of nitrogens with zero attached hydrogens (tertiary/aromatic N) is 2. The van der Waals surface area contributed by atoms with Crippen molar-refractivity contribution >= 4 is 39.0 Å². The van der Waals surface area contributed by atoms with Gasteiger partial charge in [-0.05, 0) is 43.9 Å². The van der Waals surface area contributed by atoms with E-state index in [-0.39, 0.29) is 12.2 Å². The maximum Gasteiger partial charge on any atom is 0.348 e. The molecule has 0 spiro atoms. The Labute approximate surface area is 183 Å². The minimum atomic E-state index is -0.417. The van der Waals surface area contributed by atoms with Gasteiger partial charge in [0.15, 0.2) is 0 Å². The van der Waals surface area contributed by atoms with E-state index in [4.69, 9.17) is 14.2 Å². The number of esters is 1. The van der Waals surface area contributed by atoms with Crippen LogP contribution in [0.1, 0.15) is 40.9 Å². The first-order valence-corrected chi connectivity index (χ1v) is 10.9. The SMILES string of the molecule is COC(=O)c1sc2ncnc(Nc3ccc(F)cc3OC3CCCC[C@H]3OC)c2c1C. The van der Waals surface area contributed by atoms with E-state index in [1.54, 1.807) is 13.2 Å². The van der Waals surface area contributed by atoms with Crippen molar-refractivity contribution in [1.82, 2.24) is 9.97 Å². The second-order valence-corrected chi connectivity index (χ2v) is 8.43. The summed E-state index contributed by atoms with van der Waals surface area (Å²) in [7, 11) is 3.02. The van der Waals surface area contributed by atoms with Crippen LogP contribution in [0.15, 0.2) is 24.5 Å². The van der Waals surface area contributed by atoms with Gasteiger partial charge in [-0.25, -0.2) is 19.2 Å². The molecule has 0 bridgehead atoms. The number of methoxy groups -OCH3 is 2. The van der Waals surface area contributed by atoms with Gasteiger partial charge in [-0.3, -0.25) is 0 Å². The van der Waals surface area contributed by atoms with E-state index >= 15 is 0 Å². The molecule has 4 rings (SSSR count). The van der Waals surface area contributed by atoms with Gasteiger partial charge < -0.3 is 19.5 Å². The first-order chi connectivity index (χ1) is 15.0. The molecule has 2 heterocycles. The topological polar surface area (TPSA) is 82.6 Å². The summed E-state index contributed by atoms with van der Waals surface area (Å²) in [4.78, 5) is 21.9. The number of anilines is 2. The number of carbonyl (C=O) groups excluding carboxylic acids is 1.